The zero-order chi connectivity index (χ0) is 14.9. The molecule has 1 aromatic heterocycles. The van der Waals surface area contributed by atoms with E-state index in [9.17, 15) is 0 Å². The van der Waals surface area contributed by atoms with Crippen LogP contribution >= 0.6 is 0 Å². The van der Waals surface area contributed by atoms with Crippen molar-refractivity contribution in [1.82, 2.24) is 9.97 Å². The summed E-state index contributed by atoms with van der Waals surface area (Å²) in [7, 11) is 0. The lowest BCUT2D eigenvalue weighted by atomic mass is 10.1. The van der Waals surface area contributed by atoms with Gasteiger partial charge in [0.2, 0.25) is 0 Å². The fourth-order valence-corrected chi connectivity index (χ4v) is 2.48. The Bertz CT molecular complexity index is 419. The second-order valence-corrected chi connectivity index (χ2v) is 5.68. The Balaban J connectivity index is 1.90. The second kappa shape index (κ2) is 8.82. The first-order valence-corrected chi connectivity index (χ1v) is 8.25. The highest BCUT2D eigenvalue weighted by Crippen LogP contribution is 2.17. The van der Waals surface area contributed by atoms with Crippen LogP contribution in [0.1, 0.15) is 45.4 Å². The standard InChI is InChI=1S/C16H28N4O/c1-3-5-14-19-15(17-8-4-2)11-16(20-14)18-9-6-13-7-10-21-12-13/h11,13H,3-10,12H2,1-2H3,(H2,17,18,19,20). The predicted molar refractivity (Wildman–Crippen MR) is 86.8 cm³/mol. The number of aryl methyl sites for hydroxylation is 1. The van der Waals surface area contributed by atoms with Crippen molar-refractivity contribution < 1.29 is 4.74 Å². The van der Waals surface area contributed by atoms with Crippen LogP contribution in [0.2, 0.25) is 0 Å². The van der Waals surface area contributed by atoms with Crippen molar-refractivity contribution in [3.8, 4) is 0 Å². The number of ether oxygens (including phenoxy) is 1. The maximum absolute atomic E-state index is 5.41. The first-order chi connectivity index (χ1) is 10.3. The molecule has 0 bridgehead atoms. The molecule has 0 radical (unpaired) electrons. The summed E-state index contributed by atoms with van der Waals surface area (Å²) >= 11 is 0. The van der Waals surface area contributed by atoms with Crippen molar-refractivity contribution in [3.63, 3.8) is 0 Å². The van der Waals surface area contributed by atoms with Gasteiger partial charge in [-0.3, -0.25) is 0 Å². The van der Waals surface area contributed by atoms with Gasteiger partial charge < -0.3 is 15.4 Å². The molecule has 1 aliphatic rings. The third kappa shape index (κ3) is 5.50. The van der Waals surface area contributed by atoms with E-state index in [-0.39, 0.29) is 0 Å². The van der Waals surface area contributed by atoms with E-state index in [0.717, 1.165) is 69.4 Å². The zero-order valence-corrected chi connectivity index (χ0v) is 13.3. The number of aromatic nitrogens is 2. The summed E-state index contributed by atoms with van der Waals surface area (Å²) < 4.78 is 5.41. The van der Waals surface area contributed by atoms with Gasteiger partial charge in [-0.05, 0) is 31.6 Å². The molecule has 1 saturated heterocycles. The minimum Gasteiger partial charge on any atom is -0.381 e. The van der Waals surface area contributed by atoms with Crippen LogP contribution in [0.5, 0.6) is 0 Å². The monoisotopic (exact) mass is 292 g/mol. The van der Waals surface area contributed by atoms with Crippen LogP contribution in [0.3, 0.4) is 0 Å². The molecule has 1 aliphatic heterocycles. The van der Waals surface area contributed by atoms with Crippen LogP contribution in [-0.2, 0) is 11.2 Å². The minimum atomic E-state index is 0.701. The van der Waals surface area contributed by atoms with E-state index in [1.54, 1.807) is 0 Å². The molecule has 2 heterocycles. The molecule has 2 N–H and O–H groups in total. The number of rotatable bonds is 9. The minimum absolute atomic E-state index is 0.701. The lowest BCUT2D eigenvalue weighted by Crippen LogP contribution is -2.12. The SMILES string of the molecule is CCCNc1cc(NCCC2CCOC2)nc(CCC)n1. The maximum atomic E-state index is 5.41. The van der Waals surface area contributed by atoms with E-state index < -0.39 is 0 Å². The smallest absolute Gasteiger partial charge is 0.133 e. The Hall–Kier alpha value is -1.36. The van der Waals surface area contributed by atoms with Crippen LogP contribution in [0.25, 0.3) is 0 Å². The molecular weight excluding hydrogens is 264 g/mol. The van der Waals surface area contributed by atoms with Crippen LogP contribution in [-0.4, -0.2) is 36.3 Å². The van der Waals surface area contributed by atoms with Crippen molar-refractivity contribution in [2.75, 3.05) is 36.9 Å². The average Bonchev–Trinajstić information content (AvgIpc) is 2.99. The van der Waals surface area contributed by atoms with Crippen LogP contribution in [0, 0.1) is 5.92 Å². The average molecular weight is 292 g/mol. The summed E-state index contributed by atoms with van der Waals surface area (Å²) in [6.07, 6.45) is 5.42. The summed E-state index contributed by atoms with van der Waals surface area (Å²) in [4.78, 5) is 9.17. The Morgan fingerprint density at radius 1 is 1.14 bits per heavy atom. The van der Waals surface area contributed by atoms with Crippen molar-refractivity contribution in [2.45, 2.75) is 46.0 Å². The van der Waals surface area contributed by atoms with Gasteiger partial charge in [-0.1, -0.05) is 13.8 Å². The third-order valence-corrected chi connectivity index (χ3v) is 3.68. The lowest BCUT2D eigenvalue weighted by molar-refractivity contribution is 0.185. The quantitative estimate of drug-likeness (QED) is 0.732. The van der Waals surface area contributed by atoms with E-state index in [0.29, 0.717) is 5.92 Å². The Morgan fingerprint density at radius 2 is 1.90 bits per heavy atom. The molecule has 21 heavy (non-hydrogen) atoms. The molecule has 1 fully saturated rings. The third-order valence-electron chi connectivity index (χ3n) is 3.68. The Morgan fingerprint density at radius 3 is 2.52 bits per heavy atom. The number of hydrogen-bond donors (Lipinski definition) is 2. The summed E-state index contributed by atoms with van der Waals surface area (Å²) in [6.45, 7) is 8.04. The van der Waals surface area contributed by atoms with Crippen molar-refractivity contribution in [2.24, 2.45) is 5.92 Å². The molecule has 2 rings (SSSR count). The van der Waals surface area contributed by atoms with Crippen LogP contribution < -0.4 is 10.6 Å². The molecule has 5 nitrogen and oxygen atoms in total. The molecule has 0 amide bonds. The van der Waals surface area contributed by atoms with Gasteiger partial charge in [-0.15, -0.1) is 0 Å². The summed E-state index contributed by atoms with van der Waals surface area (Å²) in [5, 5.41) is 6.79. The fraction of sp³-hybridized carbons (Fsp3) is 0.750. The van der Waals surface area contributed by atoms with Crippen molar-refractivity contribution in [1.29, 1.82) is 0 Å². The molecule has 118 valence electrons. The van der Waals surface area contributed by atoms with E-state index in [1.165, 1.54) is 6.42 Å². The van der Waals surface area contributed by atoms with Crippen molar-refractivity contribution >= 4 is 11.6 Å². The topological polar surface area (TPSA) is 59.1 Å². The number of nitrogens with one attached hydrogen (secondary N) is 2. The molecule has 1 aromatic rings. The Labute approximate surface area is 127 Å². The van der Waals surface area contributed by atoms with Gasteiger partial charge in [0.1, 0.15) is 17.5 Å². The normalized spacial score (nSPS) is 17.9. The van der Waals surface area contributed by atoms with E-state index in [1.807, 2.05) is 6.07 Å². The molecular formula is C16H28N4O. The number of nitrogens with zero attached hydrogens (tertiary/aromatic N) is 2. The predicted octanol–water partition coefficient (Wildman–Crippen LogP) is 3.09. The molecule has 0 aliphatic carbocycles. The van der Waals surface area contributed by atoms with Gasteiger partial charge in [0, 0.05) is 38.8 Å². The molecule has 0 spiro atoms. The molecule has 0 aromatic carbocycles. The van der Waals surface area contributed by atoms with Gasteiger partial charge in [0.25, 0.3) is 0 Å². The molecule has 0 saturated carbocycles. The summed E-state index contributed by atoms with van der Waals surface area (Å²) in [6, 6.07) is 2.01. The zero-order valence-electron chi connectivity index (χ0n) is 13.3. The first-order valence-electron chi connectivity index (χ1n) is 8.25. The summed E-state index contributed by atoms with van der Waals surface area (Å²) in [5.74, 6) is 3.49. The van der Waals surface area contributed by atoms with Gasteiger partial charge in [0.15, 0.2) is 0 Å². The van der Waals surface area contributed by atoms with Crippen LogP contribution in [0.4, 0.5) is 11.6 Å². The molecule has 1 atom stereocenters. The molecule has 5 heteroatoms. The highest BCUT2D eigenvalue weighted by Gasteiger charge is 2.15. The second-order valence-electron chi connectivity index (χ2n) is 5.68. The van der Waals surface area contributed by atoms with Crippen molar-refractivity contribution in [3.05, 3.63) is 11.9 Å². The van der Waals surface area contributed by atoms with E-state index in [2.05, 4.69) is 34.4 Å². The van der Waals surface area contributed by atoms with Gasteiger partial charge in [-0.2, -0.15) is 0 Å². The number of hydrogen-bond acceptors (Lipinski definition) is 5. The van der Waals surface area contributed by atoms with E-state index >= 15 is 0 Å². The van der Waals surface area contributed by atoms with Gasteiger partial charge >= 0.3 is 0 Å². The fourth-order valence-electron chi connectivity index (χ4n) is 2.48. The van der Waals surface area contributed by atoms with Crippen LogP contribution in [0.15, 0.2) is 6.07 Å². The maximum Gasteiger partial charge on any atom is 0.133 e. The summed E-state index contributed by atoms with van der Waals surface area (Å²) in [5.41, 5.74) is 0. The van der Waals surface area contributed by atoms with E-state index in [4.69, 9.17) is 4.74 Å². The Kier molecular flexibility index (Phi) is 6.73. The molecule has 1 unspecified atom stereocenters. The lowest BCUT2D eigenvalue weighted by Gasteiger charge is -2.12. The highest BCUT2D eigenvalue weighted by atomic mass is 16.5. The van der Waals surface area contributed by atoms with Gasteiger partial charge in [0.05, 0.1) is 0 Å². The van der Waals surface area contributed by atoms with Gasteiger partial charge in [-0.25, -0.2) is 9.97 Å². The first kappa shape index (κ1) is 16.0. The number of anilines is 2. The largest absolute Gasteiger partial charge is 0.381 e. The highest BCUT2D eigenvalue weighted by molar-refractivity contribution is 5.47.